The van der Waals surface area contributed by atoms with Crippen molar-refractivity contribution in [3.63, 3.8) is 0 Å². The van der Waals surface area contributed by atoms with Crippen LogP contribution in [0.2, 0.25) is 0 Å². The van der Waals surface area contributed by atoms with E-state index in [-0.39, 0.29) is 34.2 Å². The van der Waals surface area contributed by atoms with E-state index in [1.165, 1.54) is 38.1 Å². The lowest BCUT2D eigenvalue weighted by Crippen LogP contribution is -2.13. The smallest absolute Gasteiger partial charge is 0.273 e. The first-order valence-electron chi connectivity index (χ1n) is 8.05. The van der Waals surface area contributed by atoms with E-state index in [1.54, 1.807) is 0 Å². The minimum Gasteiger partial charge on any atom is -0.455 e. The van der Waals surface area contributed by atoms with E-state index in [9.17, 15) is 29.8 Å². The Morgan fingerprint density at radius 1 is 0.828 bits per heavy atom. The van der Waals surface area contributed by atoms with Gasteiger partial charge in [-0.2, -0.15) is 0 Å². The van der Waals surface area contributed by atoms with Crippen LogP contribution in [-0.2, 0) is 9.59 Å². The lowest BCUT2D eigenvalue weighted by Gasteiger charge is -2.14. The van der Waals surface area contributed by atoms with Crippen molar-refractivity contribution in [1.82, 2.24) is 0 Å². The number of nitro benzene ring substituents is 2. The maximum atomic E-state index is 11.3. The lowest BCUT2D eigenvalue weighted by molar-refractivity contribution is -0.385. The van der Waals surface area contributed by atoms with Gasteiger partial charge >= 0.3 is 0 Å². The molecule has 0 heterocycles. The average molecular weight is 404 g/mol. The number of anilines is 2. The minimum absolute atomic E-state index is 0.0408. The summed E-state index contributed by atoms with van der Waals surface area (Å²) in [6, 6.07) is 7.16. The second-order valence-corrected chi connectivity index (χ2v) is 5.64. The molecule has 2 amide bonds. The largest absolute Gasteiger partial charge is 0.455 e. The normalized spacial score (nSPS) is 10.0. The van der Waals surface area contributed by atoms with E-state index in [2.05, 4.69) is 10.6 Å². The predicted octanol–water partition coefficient (Wildman–Crippen LogP) is 2.84. The van der Waals surface area contributed by atoms with E-state index in [1.807, 2.05) is 0 Å². The summed E-state index contributed by atoms with van der Waals surface area (Å²) < 4.78 is 10.7. The molecule has 0 radical (unpaired) electrons. The van der Waals surface area contributed by atoms with Crippen LogP contribution in [-0.4, -0.2) is 28.5 Å². The molecule has 2 aromatic rings. The molecule has 0 aliphatic rings. The van der Waals surface area contributed by atoms with Gasteiger partial charge in [-0.25, -0.2) is 0 Å². The third-order valence-electron chi connectivity index (χ3n) is 3.40. The molecule has 0 aliphatic heterocycles. The molecular formula is C17H16N4O8. The first-order chi connectivity index (χ1) is 13.7. The number of amides is 2. The number of carbonyl (C=O) groups excluding carboxylic acids is 2. The van der Waals surface area contributed by atoms with Crippen LogP contribution in [0.15, 0.2) is 36.4 Å². The average Bonchev–Trinajstić information content (AvgIpc) is 2.63. The van der Waals surface area contributed by atoms with E-state index >= 15 is 0 Å². The number of ether oxygens (including phenoxy) is 2. The monoisotopic (exact) mass is 404 g/mol. The van der Waals surface area contributed by atoms with Crippen LogP contribution in [0.4, 0.5) is 22.7 Å². The zero-order valence-corrected chi connectivity index (χ0v) is 15.3. The van der Waals surface area contributed by atoms with Crippen molar-refractivity contribution < 1.29 is 28.9 Å². The van der Waals surface area contributed by atoms with E-state index in [0.29, 0.717) is 0 Å². The molecule has 12 nitrogen and oxygen atoms in total. The Hall–Kier alpha value is -4.22. The number of benzene rings is 2. The van der Waals surface area contributed by atoms with Crippen LogP contribution in [0.25, 0.3) is 0 Å². The molecule has 12 heteroatoms. The fraction of sp³-hybridized carbons (Fsp3) is 0.176. The van der Waals surface area contributed by atoms with Crippen LogP contribution >= 0.6 is 0 Å². The highest BCUT2D eigenvalue weighted by Crippen LogP contribution is 2.32. The van der Waals surface area contributed by atoms with Gasteiger partial charge in [-0.3, -0.25) is 29.8 Å². The molecule has 29 heavy (non-hydrogen) atoms. The van der Waals surface area contributed by atoms with Gasteiger partial charge in [0.2, 0.25) is 18.6 Å². The van der Waals surface area contributed by atoms with Gasteiger partial charge in [-0.05, 0) is 12.1 Å². The SMILES string of the molecule is CC(=O)Nc1ccc([N+](=O)[O-])cc1OCOc1cc([N+](=O)[O-])ccc1NC(C)=O. The number of rotatable bonds is 8. The molecular weight excluding hydrogens is 388 g/mol. The summed E-state index contributed by atoms with van der Waals surface area (Å²) in [5, 5.41) is 26.8. The fourth-order valence-electron chi connectivity index (χ4n) is 2.23. The van der Waals surface area contributed by atoms with Gasteiger partial charge in [0.1, 0.15) is 0 Å². The highest BCUT2D eigenvalue weighted by atomic mass is 16.7. The lowest BCUT2D eigenvalue weighted by atomic mass is 10.2. The molecule has 2 rings (SSSR count). The number of nitrogens with zero attached hydrogens (tertiary/aromatic N) is 2. The van der Waals surface area contributed by atoms with Crippen LogP contribution in [0.1, 0.15) is 13.8 Å². The van der Waals surface area contributed by atoms with Gasteiger partial charge < -0.3 is 20.1 Å². The zero-order valence-electron chi connectivity index (χ0n) is 15.3. The maximum absolute atomic E-state index is 11.3. The number of carbonyl (C=O) groups is 2. The third kappa shape index (κ3) is 5.89. The number of nitrogens with one attached hydrogen (secondary N) is 2. The summed E-state index contributed by atoms with van der Waals surface area (Å²) in [5.41, 5.74) is -0.201. The topological polar surface area (TPSA) is 163 Å². The van der Waals surface area contributed by atoms with E-state index in [0.717, 1.165) is 12.1 Å². The van der Waals surface area contributed by atoms with Crippen molar-refractivity contribution in [3.8, 4) is 11.5 Å². The Kier molecular flexibility index (Phi) is 6.63. The highest BCUT2D eigenvalue weighted by molar-refractivity contribution is 5.91. The Morgan fingerprint density at radius 2 is 1.21 bits per heavy atom. The van der Waals surface area contributed by atoms with Crippen molar-refractivity contribution in [2.24, 2.45) is 0 Å². The van der Waals surface area contributed by atoms with Crippen molar-refractivity contribution >= 4 is 34.6 Å². The van der Waals surface area contributed by atoms with Gasteiger partial charge in [0.15, 0.2) is 11.5 Å². The second kappa shape index (κ2) is 9.12. The van der Waals surface area contributed by atoms with Crippen molar-refractivity contribution in [2.75, 3.05) is 17.4 Å². The summed E-state index contributed by atoms with van der Waals surface area (Å²) in [5.74, 6) is -0.922. The summed E-state index contributed by atoms with van der Waals surface area (Å²) in [6.07, 6.45) is 0. The predicted molar refractivity (Wildman–Crippen MR) is 101 cm³/mol. The first-order valence-corrected chi connectivity index (χ1v) is 8.05. The van der Waals surface area contributed by atoms with Crippen LogP contribution in [0, 0.1) is 20.2 Å². The Balaban J connectivity index is 2.24. The molecule has 0 unspecified atom stereocenters. The molecule has 0 aromatic heterocycles. The fourth-order valence-corrected chi connectivity index (χ4v) is 2.23. The summed E-state index contributed by atoms with van der Waals surface area (Å²) in [6.45, 7) is 2.00. The van der Waals surface area contributed by atoms with Gasteiger partial charge in [-0.15, -0.1) is 0 Å². The molecule has 0 bridgehead atoms. The third-order valence-corrected chi connectivity index (χ3v) is 3.40. The molecule has 152 valence electrons. The standard InChI is InChI=1S/C17H16N4O8/c1-10(22)18-14-5-3-12(20(24)25)7-16(14)28-9-29-17-8-13(21(26)27)4-6-15(17)19-11(2)23/h3-8H,9H2,1-2H3,(H,18,22)(H,19,23). The van der Waals surface area contributed by atoms with E-state index < -0.39 is 28.5 Å². The Morgan fingerprint density at radius 3 is 1.52 bits per heavy atom. The Bertz CT molecular complexity index is 898. The zero-order chi connectivity index (χ0) is 21.6. The molecule has 0 saturated carbocycles. The number of non-ortho nitro benzene ring substituents is 2. The summed E-state index contributed by atoms with van der Waals surface area (Å²) in [7, 11) is 0. The minimum atomic E-state index is -0.638. The molecule has 2 aromatic carbocycles. The van der Waals surface area contributed by atoms with Gasteiger partial charge in [0.05, 0.1) is 33.4 Å². The van der Waals surface area contributed by atoms with Gasteiger partial charge in [-0.1, -0.05) is 0 Å². The number of hydrogen-bond acceptors (Lipinski definition) is 8. The van der Waals surface area contributed by atoms with Crippen LogP contribution < -0.4 is 20.1 Å². The van der Waals surface area contributed by atoms with Gasteiger partial charge in [0.25, 0.3) is 11.4 Å². The summed E-state index contributed by atoms with van der Waals surface area (Å²) >= 11 is 0. The first kappa shape index (κ1) is 21.1. The van der Waals surface area contributed by atoms with E-state index in [4.69, 9.17) is 9.47 Å². The van der Waals surface area contributed by atoms with Crippen molar-refractivity contribution in [2.45, 2.75) is 13.8 Å². The van der Waals surface area contributed by atoms with Gasteiger partial charge in [0, 0.05) is 26.0 Å². The molecule has 0 aliphatic carbocycles. The maximum Gasteiger partial charge on any atom is 0.273 e. The quantitative estimate of drug-likeness (QED) is 0.385. The van der Waals surface area contributed by atoms with Crippen LogP contribution in [0.5, 0.6) is 11.5 Å². The molecule has 0 fully saturated rings. The molecule has 0 atom stereocenters. The van der Waals surface area contributed by atoms with Crippen LogP contribution in [0.3, 0.4) is 0 Å². The van der Waals surface area contributed by atoms with Crippen molar-refractivity contribution in [1.29, 1.82) is 0 Å². The molecule has 2 N–H and O–H groups in total. The molecule has 0 saturated heterocycles. The number of hydrogen-bond donors (Lipinski definition) is 2. The molecule has 0 spiro atoms. The summed E-state index contributed by atoms with van der Waals surface area (Å²) in [4.78, 5) is 43.2. The second-order valence-electron chi connectivity index (χ2n) is 5.64. The van der Waals surface area contributed by atoms with Crippen molar-refractivity contribution in [3.05, 3.63) is 56.6 Å². The Labute approximate surface area is 163 Å². The highest BCUT2D eigenvalue weighted by Gasteiger charge is 2.15. The number of nitro groups is 2.